The summed E-state index contributed by atoms with van der Waals surface area (Å²) in [6, 6.07) is 8.36. The van der Waals surface area contributed by atoms with E-state index in [4.69, 9.17) is 11.6 Å². The van der Waals surface area contributed by atoms with Crippen molar-refractivity contribution in [1.82, 2.24) is 15.1 Å². The van der Waals surface area contributed by atoms with E-state index in [1.54, 1.807) is 0 Å². The Morgan fingerprint density at radius 3 is 2.50 bits per heavy atom. The van der Waals surface area contributed by atoms with Gasteiger partial charge in [-0.15, -0.1) is 0 Å². The van der Waals surface area contributed by atoms with Crippen LogP contribution in [0.15, 0.2) is 24.3 Å². The van der Waals surface area contributed by atoms with Crippen LogP contribution < -0.4 is 5.32 Å². The quantitative estimate of drug-likeness (QED) is 0.923. The van der Waals surface area contributed by atoms with Crippen molar-refractivity contribution in [2.45, 2.75) is 19.9 Å². The molecular weight excluding hydrogens is 246 g/mol. The lowest BCUT2D eigenvalue weighted by atomic mass is 10.0. The minimum Gasteiger partial charge on any atom is -0.308 e. The van der Waals surface area contributed by atoms with Crippen molar-refractivity contribution in [3.63, 3.8) is 0 Å². The lowest BCUT2D eigenvalue weighted by Gasteiger charge is -2.17. The Balaban J connectivity index is 2.45. The number of nitrogens with one attached hydrogen (secondary N) is 1. The second-order valence-corrected chi connectivity index (χ2v) is 4.97. The van der Waals surface area contributed by atoms with E-state index in [-0.39, 0.29) is 6.04 Å². The van der Waals surface area contributed by atoms with Gasteiger partial charge in [-0.2, -0.15) is 5.10 Å². The van der Waals surface area contributed by atoms with Crippen LogP contribution in [0.4, 0.5) is 0 Å². The molecule has 2 aromatic rings. The number of aryl methyl sites for hydroxylation is 3. The average molecular weight is 264 g/mol. The summed E-state index contributed by atoms with van der Waals surface area (Å²) in [6.45, 7) is 4.01. The summed E-state index contributed by atoms with van der Waals surface area (Å²) in [6.07, 6.45) is 0. The van der Waals surface area contributed by atoms with E-state index in [1.165, 1.54) is 0 Å². The monoisotopic (exact) mass is 263 g/mol. The van der Waals surface area contributed by atoms with E-state index >= 15 is 0 Å². The van der Waals surface area contributed by atoms with Gasteiger partial charge in [0.05, 0.1) is 17.4 Å². The van der Waals surface area contributed by atoms with Crippen molar-refractivity contribution < 1.29 is 0 Å². The number of benzene rings is 1. The lowest BCUT2D eigenvalue weighted by Crippen LogP contribution is -2.20. The van der Waals surface area contributed by atoms with Gasteiger partial charge in [0.1, 0.15) is 0 Å². The largest absolute Gasteiger partial charge is 0.308 e. The molecule has 0 radical (unpaired) electrons. The Morgan fingerprint density at radius 1 is 1.28 bits per heavy atom. The van der Waals surface area contributed by atoms with Gasteiger partial charge in [0.25, 0.3) is 0 Å². The maximum absolute atomic E-state index is 6.20. The fraction of sp³-hybridized carbons (Fsp3) is 0.357. The summed E-state index contributed by atoms with van der Waals surface area (Å²) < 4.78 is 1.91. The molecule has 1 aromatic carbocycles. The fourth-order valence-electron chi connectivity index (χ4n) is 2.17. The molecule has 0 aliphatic rings. The van der Waals surface area contributed by atoms with Gasteiger partial charge in [-0.25, -0.2) is 0 Å². The van der Waals surface area contributed by atoms with Gasteiger partial charge >= 0.3 is 0 Å². The summed E-state index contributed by atoms with van der Waals surface area (Å²) in [5.74, 6) is 0. The van der Waals surface area contributed by atoms with Crippen LogP contribution in [-0.2, 0) is 7.05 Å². The van der Waals surface area contributed by atoms with Gasteiger partial charge in [-0.05, 0) is 44.2 Å². The number of hydrogen-bond donors (Lipinski definition) is 1. The molecule has 1 N–H and O–H groups in total. The van der Waals surface area contributed by atoms with E-state index < -0.39 is 0 Å². The molecule has 1 unspecified atom stereocenters. The van der Waals surface area contributed by atoms with Gasteiger partial charge in [0, 0.05) is 12.1 Å². The Labute approximate surface area is 113 Å². The van der Waals surface area contributed by atoms with Crippen LogP contribution >= 0.6 is 11.6 Å². The van der Waals surface area contributed by atoms with Gasteiger partial charge in [0.2, 0.25) is 0 Å². The average Bonchev–Trinajstić information content (AvgIpc) is 2.64. The molecule has 0 aliphatic carbocycles. The molecule has 0 aliphatic heterocycles. The number of halogens is 1. The molecule has 0 fully saturated rings. The Kier molecular flexibility index (Phi) is 3.73. The maximum Gasteiger partial charge on any atom is 0.0746 e. The highest BCUT2D eigenvalue weighted by molar-refractivity contribution is 6.31. The molecule has 3 nitrogen and oxygen atoms in total. The third-order valence-electron chi connectivity index (χ3n) is 3.15. The van der Waals surface area contributed by atoms with Gasteiger partial charge in [-0.1, -0.05) is 23.7 Å². The van der Waals surface area contributed by atoms with Crippen molar-refractivity contribution in [2.75, 3.05) is 7.05 Å². The first kappa shape index (κ1) is 13.1. The summed E-state index contributed by atoms with van der Waals surface area (Å²) in [4.78, 5) is 0. The van der Waals surface area contributed by atoms with E-state index in [0.29, 0.717) is 0 Å². The molecule has 1 aromatic heterocycles. The van der Waals surface area contributed by atoms with Crippen LogP contribution in [0, 0.1) is 13.8 Å². The molecule has 0 bridgehead atoms. The zero-order valence-electron chi connectivity index (χ0n) is 11.2. The highest BCUT2D eigenvalue weighted by atomic mass is 35.5. The molecule has 0 saturated heterocycles. The molecule has 0 amide bonds. The molecule has 96 valence electrons. The standard InChI is InChI=1S/C14H18ClN3/c1-9-5-6-11(8-12(9)15)14(16-3)13-7-10(2)17-18(13)4/h5-8,14,16H,1-4H3. The SMILES string of the molecule is CNC(c1ccc(C)c(Cl)c1)c1cc(C)nn1C. The van der Waals surface area contributed by atoms with Gasteiger partial charge < -0.3 is 5.32 Å². The van der Waals surface area contributed by atoms with Crippen LogP contribution in [0.2, 0.25) is 5.02 Å². The van der Waals surface area contributed by atoms with Crippen LogP contribution in [0.3, 0.4) is 0 Å². The number of rotatable bonds is 3. The minimum atomic E-state index is 0.106. The predicted molar refractivity (Wildman–Crippen MR) is 75.0 cm³/mol. The fourth-order valence-corrected chi connectivity index (χ4v) is 2.36. The number of aromatic nitrogens is 2. The highest BCUT2D eigenvalue weighted by Gasteiger charge is 2.17. The van der Waals surface area contributed by atoms with Crippen LogP contribution in [0.1, 0.15) is 28.6 Å². The molecule has 1 atom stereocenters. The molecular formula is C14H18ClN3. The van der Waals surface area contributed by atoms with Crippen molar-refractivity contribution >= 4 is 11.6 Å². The zero-order valence-corrected chi connectivity index (χ0v) is 11.9. The highest BCUT2D eigenvalue weighted by Crippen LogP contribution is 2.26. The minimum absolute atomic E-state index is 0.106. The van der Waals surface area contributed by atoms with Gasteiger partial charge in [-0.3, -0.25) is 4.68 Å². The first-order chi connectivity index (χ1) is 8.52. The van der Waals surface area contributed by atoms with Crippen molar-refractivity contribution in [1.29, 1.82) is 0 Å². The number of nitrogens with zero attached hydrogens (tertiary/aromatic N) is 2. The Morgan fingerprint density at radius 2 is 2.00 bits per heavy atom. The first-order valence-corrected chi connectivity index (χ1v) is 6.34. The molecule has 18 heavy (non-hydrogen) atoms. The van der Waals surface area contributed by atoms with E-state index in [2.05, 4.69) is 22.5 Å². The topological polar surface area (TPSA) is 29.9 Å². The summed E-state index contributed by atoms with van der Waals surface area (Å²) in [5.41, 5.74) is 4.40. The van der Waals surface area contributed by atoms with Crippen molar-refractivity contribution in [3.8, 4) is 0 Å². The number of hydrogen-bond acceptors (Lipinski definition) is 2. The summed E-state index contributed by atoms with van der Waals surface area (Å²) in [5, 5.41) is 8.50. The van der Waals surface area contributed by atoms with Crippen LogP contribution in [-0.4, -0.2) is 16.8 Å². The van der Waals surface area contributed by atoms with E-state index in [0.717, 1.165) is 27.5 Å². The van der Waals surface area contributed by atoms with E-state index in [1.807, 2.05) is 44.8 Å². The third-order valence-corrected chi connectivity index (χ3v) is 3.56. The molecule has 1 heterocycles. The first-order valence-electron chi connectivity index (χ1n) is 5.96. The smallest absolute Gasteiger partial charge is 0.0746 e. The Hall–Kier alpha value is -1.32. The van der Waals surface area contributed by atoms with Crippen molar-refractivity contribution in [2.24, 2.45) is 7.05 Å². The second-order valence-electron chi connectivity index (χ2n) is 4.56. The Bertz CT molecular complexity index is 560. The lowest BCUT2D eigenvalue weighted by molar-refractivity contribution is 0.604. The predicted octanol–water partition coefficient (Wildman–Crippen LogP) is 3.00. The molecule has 0 spiro atoms. The summed E-state index contributed by atoms with van der Waals surface area (Å²) in [7, 11) is 3.91. The molecule has 2 rings (SSSR count). The van der Waals surface area contributed by atoms with Crippen LogP contribution in [0.5, 0.6) is 0 Å². The van der Waals surface area contributed by atoms with Gasteiger partial charge in [0.15, 0.2) is 0 Å². The second kappa shape index (κ2) is 5.12. The maximum atomic E-state index is 6.20. The summed E-state index contributed by atoms with van der Waals surface area (Å²) >= 11 is 6.20. The van der Waals surface area contributed by atoms with E-state index in [9.17, 15) is 0 Å². The normalized spacial score (nSPS) is 12.7. The molecule has 4 heteroatoms. The zero-order chi connectivity index (χ0) is 13.3. The third kappa shape index (κ3) is 2.42. The van der Waals surface area contributed by atoms with Crippen LogP contribution in [0.25, 0.3) is 0 Å². The molecule has 0 saturated carbocycles. The van der Waals surface area contributed by atoms with Crippen molar-refractivity contribution in [3.05, 3.63) is 51.8 Å².